The van der Waals surface area contributed by atoms with Crippen LogP contribution in [0.25, 0.3) is 0 Å². The maximum Gasteiger partial charge on any atom is 0.225 e. The first-order chi connectivity index (χ1) is 8.81. The topological polar surface area (TPSA) is 61.3 Å². The van der Waals surface area contributed by atoms with Gasteiger partial charge >= 0.3 is 0 Å². The first-order valence-corrected chi connectivity index (χ1v) is 6.78. The standard InChI is InChI=1S/C13H20N4O/c18-12-3-5-17(6-4-12)13-15-8-10(9-16-13)7-14-11-1-2-11/h8-9,11-12,14,18H,1-7H2. The van der Waals surface area contributed by atoms with Crippen LogP contribution in [-0.2, 0) is 6.54 Å². The molecule has 0 unspecified atom stereocenters. The van der Waals surface area contributed by atoms with Crippen LogP contribution in [0.5, 0.6) is 0 Å². The number of rotatable bonds is 4. The molecule has 0 atom stereocenters. The highest BCUT2D eigenvalue weighted by Crippen LogP contribution is 2.19. The van der Waals surface area contributed by atoms with Crippen LogP contribution in [0.3, 0.4) is 0 Å². The Balaban J connectivity index is 1.56. The predicted molar refractivity (Wildman–Crippen MR) is 69.3 cm³/mol. The first kappa shape index (κ1) is 11.9. The molecule has 0 bridgehead atoms. The summed E-state index contributed by atoms with van der Waals surface area (Å²) in [6.45, 7) is 2.56. The minimum Gasteiger partial charge on any atom is -0.393 e. The number of nitrogens with zero attached hydrogens (tertiary/aromatic N) is 3. The van der Waals surface area contributed by atoms with Gasteiger partial charge in [-0.3, -0.25) is 0 Å². The van der Waals surface area contributed by atoms with E-state index in [1.54, 1.807) is 0 Å². The number of aliphatic hydroxyl groups is 1. The van der Waals surface area contributed by atoms with Crippen LogP contribution < -0.4 is 10.2 Å². The third-order valence-corrected chi connectivity index (χ3v) is 3.61. The van der Waals surface area contributed by atoms with Gasteiger partial charge in [-0.2, -0.15) is 0 Å². The molecule has 2 aliphatic rings. The summed E-state index contributed by atoms with van der Waals surface area (Å²) in [6, 6.07) is 0.716. The molecule has 5 heteroatoms. The van der Waals surface area contributed by atoms with E-state index in [1.807, 2.05) is 12.4 Å². The van der Waals surface area contributed by atoms with E-state index in [2.05, 4.69) is 20.2 Å². The molecule has 0 amide bonds. The third kappa shape index (κ3) is 2.97. The molecule has 2 heterocycles. The lowest BCUT2D eigenvalue weighted by Gasteiger charge is -2.29. The summed E-state index contributed by atoms with van der Waals surface area (Å²) < 4.78 is 0. The molecule has 5 nitrogen and oxygen atoms in total. The lowest BCUT2D eigenvalue weighted by molar-refractivity contribution is 0.145. The van der Waals surface area contributed by atoms with E-state index in [0.717, 1.165) is 44.0 Å². The molecule has 1 aliphatic carbocycles. The fourth-order valence-corrected chi connectivity index (χ4v) is 2.22. The van der Waals surface area contributed by atoms with Crippen LogP contribution in [0.2, 0.25) is 0 Å². The van der Waals surface area contributed by atoms with E-state index in [4.69, 9.17) is 0 Å². The van der Waals surface area contributed by atoms with Crippen molar-refractivity contribution >= 4 is 5.95 Å². The van der Waals surface area contributed by atoms with Crippen molar-refractivity contribution in [2.45, 2.75) is 44.4 Å². The molecule has 18 heavy (non-hydrogen) atoms. The summed E-state index contributed by atoms with van der Waals surface area (Å²) in [7, 11) is 0. The fourth-order valence-electron chi connectivity index (χ4n) is 2.22. The number of nitrogens with one attached hydrogen (secondary N) is 1. The lowest BCUT2D eigenvalue weighted by Crippen LogP contribution is -2.36. The van der Waals surface area contributed by atoms with E-state index in [1.165, 1.54) is 12.8 Å². The minimum atomic E-state index is -0.150. The highest BCUT2D eigenvalue weighted by molar-refractivity contribution is 5.30. The summed E-state index contributed by atoms with van der Waals surface area (Å²) in [5, 5.41) is 12.9. The zero-order valence-electron chi connectivity index (χ0n) is 10.5. The average molecular weight is 248 g/mol. The highest BCUT2D eigenvalue weighted by Gasteiger charge is 2.21. The predicted octanol–water partition coefficient (Wildman–Crippen LogP) is 0.690. The molecule has 2 fully saturated rings. The molecule has 0 radical (unpaired) electrons. The van der Waals surface area contributed by atoms with E-state index >= 15 is 0 Å². The Morgan fingerprint density at radius 2 is 1.83 bits per heavy atom. The molecule has 1 saturated heterocycles. The van der Waals surface area contributed by atoms with E-state index < -0.39 is 0 Å². The molecule has 1 aliphatic heterocycles. The van der Waals surface area contributed by atoms with Crippen molar-refractivity contribution in [1.29, 1.82) is 0 Å². The molecule has 2 N–H and O–H groups in total. The summed E-state index contributed by atoms with van der Waals surface area (Å²) in [5.74, 6) is 0.789. The maximum atomic E-state index is 9.47. The maximum absolute atomic E-state index is 9.47. The Morgan fingerprint density at radius 3 is 2.44 bits per heavy atom. The lowest BCUT2D eigenvalue weighted by atomic mass is 10.1. The second kappa shape index (κ2) is 5.20. The van der Waals surface area contributed by atoms with Crippen LogP contribution >= 0.6 is 0 Å². The second-order valence-corrected chi connectivity index (χ2v) is 5.26. The van der Waals surface area contributed by atoms with Crippen molar-refractivity contribution < 1.29 is 5.11 Å². The van der Waals surface area contributed by atoms with Gasteiger partial charge in [-0.25, -0.2) is 9.97 Å². The largest absolute Gasteiger partial charge is 0.393 e. The van der Waals surface area contributed by atoms with Crippen molar-refractivity contribution in [3.05, 3.63) is 18.0 Å². The van der Waals surface area contributed by atoms with Gasteiger partial charge in [0.15, 0.2) is 0 Å². The number of anilines is 1. The number of aromatic nitrogens is 2. The van der Waals surface area contributed by atoms with Crippen LogP contribution in [0.4, 0.5) is 5.95 Å². The Kier molecular flexibility index (Phi) is 3.43. The Morgan fingerprint density at radius 1 is 1.17 bits per heavy atom. The van der Waals surface area contributed by atoms with Gasteiger partial charge in [0.1, 0.15) is 0 Å². The van der Waals surface area contributed by atoms with Crippen molar-refractivity contribution in [3.63, 3.8) is 0 Å². The molecule has 98 valence electrons. The van der Waals surface area contributed by atoms with Crippen LogP contribution in [-0.4, -0.2) is 40.3 Å². The van der Waals surface area contributed by atoms with Gasteiger partial charge in [-0.15, -0.1) is 0 Å². The van der Waals surface area contributed by atoms with Gasteiger partial charge in [0.2, 0.25) is 5.95 Å². The zero-order valence-corrected chi connectivity index (χ0v) is 10.5. The first-order valence-electron chi connectivity index (χ1n) is 6.78. The van der Waals surface area contributed by atoms with Crippen molar-refractivity contribution in [3.8, 4) is 0 Å². The van der Waals surface area contributed by atoms with Gasteiger partial charge < -0.3 is 15.3 Å². The quantitative estimate of drug-likeness (QED) is 0.821. The molecule has 1 saturated carbocycles. The van der Waals surface area contributed by atoms with Gasteiger partial charge in [0.25, 0.3) is 0 Å². The van der Waals surface area contributed by atoms with Gasteiger partial charge in [-0.05, 0) is 25.7 Å². The van der Waals surface area contributed by atoms with E-state index in [-0.39, 0.29) is 6.10 Å². The number of piperidine rings is 1. The smallest absolute Gasteiger partial charge is 0.225 e. The van der Waals surface area contributed by atoms with Gasteiger partial charge in [-0.1, -0.05) is 0 Å². The van der Waals surface area contributed by atoms with E-state index in [9.17, 15) is 5.11 Å². The monoisotopic (exact) mass is 248 g/mol. The van der Waals surface area contributed by atoms with Crippen molar-refractivity contribution in [2.75, 3.05) is 18.0 Å². The molecule has 0 spiro atoms. The zero-order chi connectivity index (χ0) is 12.4. The Bertz CT molecular complexity index is 382. The Hall–Kier alpha value is -1.20. The fraction of sp³-hybridized carbons (Fsp3) is 0.692. The second-order valence-electron chi connectivity index (χ2n) is 5.26. The van der Waals surface area contributed by atoms with Gasteiger partial charge in [0.05, 0.1) is 6.10 Å². The Labute approximate surface area is 107 Å². The van der Waals surface area contributed by atoms with Crippen molar-refractivity contribution in [1.82, 2.24) is 15.3 Å². The average Bonchev–Trinajstić information content (AvgIpc) is 3.22. The van der Waals surface area contributed by atoms with Crippen LogP contribution in [0.15, 0.2) is 12.4 Å². The molecule has 3 rings (SSSR count). The third-order valence-electron chi connectivity index (χ3n) is 3.61. The SMILES string of the molecule is OC1CCN(c2ncc(CNC3CC3)cn2)CC1. The van der Waals surface area contributed by atoms with E-state index in [0.29, 0.717) is 6.04 Å². The summed E-state index contributed by atoms with van der Waals surface area (Å²) >= 11 is 0. The molecular weight excluding hydrogens is 228 g/mol. The summed E-state index contributed by atoms with van der Waals surface area (Å²) in [6.07, 6.45) is 7.89. The summed E-state index contributed by atoms with van der Waals surface area (Å²) in [4.78, 5) is 11.0. The summed E-state index contributed by atoms with van der Waals surface area (Å²) in [5.41, 5.74) is 1.14. The normalized spacial score (nSPS) is 21.3. The minimum absolute atomic E-state index is 0.150. The van der Waals surface area contributed by atoms with Gasteiger partial charge in [0, 0.05) is 43.6 Å². The molecule has 1 aromatic heterocycles. The van der Waals surface area contributed by atoms with Crippen LogP contribution in [0, 0.1) is 0 Å². The number of hydrogen-bond acceptors (Lipinski definition) is 5. The number of hydrogen-bond donors (Lipinski definition) is 2. The molecule has 1 aromatic rings. The molecule has 0 aromatic carbocycles. The van der Waals surface area contributed by atoms with Crippen LogP contribution in [0.1, 0.15) is 31.2 Å². The highest BCUT2D eigenvalue weighted by atomic mass is 16.3. The molecular formula is C13H20N4O. The number of aliphatic hydroxyl groups excluding tert-OH is 1. The van der Waals surface area contributed by atoms with Crippen molar-refractivity contribution in [2.24, 2.45) is 0 Å².